The second-order valence-corrected chi connectivity index (χ2v) is 13.7. The molecule has 0 spiro atoms. The Hall–Kier alpha value is -1.56. The van der Waals surface area contributed by atoms with Gasteiger partial charge in [-0.15, -0.1) is 0 Å². The molecule has 2 aromatic rings. The molecule has 0 aliphatic carbocycles. The van der Waals surface area contributed by atoms with Crippen molar-refractivity contribution < 1.29 is 0 Å². The van der Waals surface area contributed by atoms with Crippen molar-refractivity contribution in [1.29, 1.82) is 0 Å². The molecular weight excluding hydrogens is 372 g/mol. The van der Waals surface area contributed by atoms with Gasteiger partial charge in [0.25, 0.3) is 0 Å². The standard InChI is InChI=1S/C31H48/c1-21(24-15-14-16-25(29(5,6)7)27(24)31(11,12)13)19-22-17-18-23(28(2,3)4)20-26(22)30(8,9)10/h14-18,20-21H,19H2,1-13H3. The molecule has 0 nitrogen and oxygen atoms in total. The Balaban J connectivity index is 2.60. The van der Waals surface area contributed by atoms with E-state index in [1.54, 1.807) is 5.56 Å². The molecule has 0 aliphatic rings. The van der Waals surface area contributed by atoms with Crippen molar-refractivity contribution in [2.24, 2.45) is 0 Å². The van der Waals surface area contributed by atoms with Gasteiger partial charge in [0, 0.05) is 0 Å². The van der Waals surface area contributed by atoms with Gasteiger partial charge >= 0.3 is 0 Å². The zero-order chi connectivity index (χ0) is 24.0. The molecule has 0 saturated carbocycles. The van der Waals surface area contributed by atoms with Gasteiger partial charge in [0.1, 0.15) is 0 Å². The van der Waals surface area contributed by atoms with E-state index in [9.17, 15) is 0 Å². The van der Waals surface area contributed by atoms with Gasteiger partial charge in [0.2, 0.25) is 0 Å². The van der Waals surface area contributed by atoms with Gasteiger partial charge in [-0.25, -0.2) is 0 Å². The largest absolute Gasteiger partial charge is 0.0617 e. The number of hydrogen-bond acceptors (Lipinski definition) is 0. The lowest BCUT2D eigenvalue weighted by Crippen LogP contribution is -2.25. The molecule has 0 N–H and O–H groups in total. The molecule has 0 heterocycles. The maximum Gasteiger partial charge on any atom is -0.0126 e. The molecule has 0 aromatic heterocycles. The highest BCUT2D eigenvalue weighted by molar-refractivity contribution is 5.47. The number of hydrogen-bond donors (Lipinski definition) is 0. The summed E-state index contributed by atoms with van der Waals surface area (Å²) in [7, 11) is 0. The molecule has 0 fully saturated rings. The minimum Gasteiger partial charge on any atom is -0.0617 e. The molecule has 0 amide bonds. The molecule has 1 unspecified atom stereocenters. The number of benzene rings is 2. The SMILES string of the molecule is CC(Cc1ccc(C(C)(C)C)cc1C(C)(C)C)c1cccc(C(C)(C)C)c1C(C)(C)C. The van der Waals surface area contributed by atoms with E-state index in [1.807, 2.05) is 0 Å². The molecular formula is C31H48. The summed E-state index contributed by atoms with van der Waals surface area (Å²) in [5.74, 6) is 0.470. The van der Waals surface area contributed by atoms with Gasteiger partial charge in [-0.2, -0.15) is 0 Å². The Bertz CT molecular complexity index is 899. The average molecular weight is 421 g/mol. The summed E-state index contributed by atoms with van der Waals surface area (Å²) in [6.45, 7) is 30.5. The minimum absolute atomic E-state index is 0.121. The Kier molecular flexibility index (Phi) is 6.98. The first-order valence-corrected chi connectivity index (χ1v) is 12.1. The summed E-state index contributed by atoms with van der Waals surface area (Å²) in [6.07, 6.45) is 1.08. The van der Waals surface area contributed by atoms with Crippen molar-refractivity contribution in [3.05, 3.63) is 69.8 Å². The molecule has 0 saturated heterocycles. The Labute approximate surface area is 193 Å². The first kappa shape index (κ1) is 25.7. The van der Waals surface area contributed by atoms with Crippen LogP contribution in [0.4, 0.5) is 0 Å². The van der Waals surface area contributed by atoms with Crippen molar-refractivity contribution in [1.82, 2.24) is 0 Å². The van der Waals surface area contributed by atoms with E-state index >= 15 is 0 Å². The van der Waals surface area contributed by atoms with E-state index in [1.165, 1.54) is 27.8 Å². The normalized spacial score (nSPS) is 14.6. The van der Waals surface area contributed by atoms with Crippen LogP contribution >= 0.6 is 0 Å². The van der Waals surface area contributed by atoms with Crippen LogP contribution in [-0.4, -0.2) is 0 Å². The van der Waals surface area contributed by atoms with Crippen molar-refractivity contribution in [3.63, 3.8) is 0 Å². The van der Waals surface area contributed by atoms with Crippen LogP contribution in [0.2, 0.25) is 0 Å². The van der Waals surface area contributed by atoms with E-state index in [2.05, 4.69) is 126 Å². The Morgan fingerprint density at radius 3 is 1.61 bits per heavy atom. The molecule has 2 aromatic carbocycles. The van der Waals surface area contributed by atoms with E-state index in [4.69, 9.17) is 0 Å². The summed E-state index contributed by atoms with van der Waals surface area (Å²) in [5, 5.41) is 0. The maximum atomic E-state index is 2.47. The summed E-state index contributed by atoms with van der Waals surface area (Å²) in [5.41, 5.74) is 9.53. The van der Waals surface area contributed by atoms with Crippen LogP contribution in [0.5, 0.6) is 0 Å². The average Bonchev–Trinajstić information content (AvgIpc) is 2.58. The van der Waals surface area contributed by atoms with Crippen LogP contribution < -0.4 is 0 Å². The summed E-state index contributed by atoms with van der Waals surface area (Å²) in [6, 6.07) is 14.2. The van der Waals surface area contributed by atoms with Crippen molar-refractivity contribution in [2.45, 2.75) is 124 Å². The van der Waals surface area contributed by atoms with E-state index in [0.717, 1.165) is 6.42 Å². The lowest BCUT2D eigenvalue weighted by molar-refractivity contribution is 0.518. The zero-order valence-corrected chi connectivity index (χ0v) is 22.7. The maximum absolute atomic E-state index is 2.47. The first-order valence-electron chi connectivity index (χ1n) is 12.1. The van der Waals surface area contributed by atoms with Gasteiger partial charge in [0.15, 0.2) is 0 Å². The monoisotopic (exact) mass is 420 g/mol. The zero-order valence-electron chi connectivity index (χ0n) is 22.7. The van der Waals surface area contributed by atoms with Crippen molar-refractivity contribution in [3.8, 4) is 0 Å². The van der Waals surface area contributed by atoms with Crippen LogP contribution in [0.25, 0.3) is 0 Å². The molecule has 31 heavy (non-hydrogen) atoms. The summed E-state index contributed by atoms with van der Waals surface area (Å²) >= 11 is 0. The minimum atomic E-state index is 0.121. The third-order valence-corrected chi connectivity index (χ3v) is 6.50. The van der Waals surface area contributed by atoms with Gasteiger partial charge < -0.3 is 0 Å². The third-order valence-electron chi connectivity index (χ3n) is 6.50. The number of rotatable bonds is 3. The second-order valence-electron chi connectivity index (χ2n) is 13.7. The lowest BCUT2D eigenvalue weighted by Gasteiger charge is -2.34. The second kappa shape index (κ2) is 8.42. The van der Waals surface area contributed by atoms with Crippen LogP contribution in [0.3, 0.4) is 0 Å². The highest BCUT2D eigenvalue weighted by atomic mass is 14.3. The molecule has 1 atom stereocenters. The molecule has 0 radical (unpaired) electrons. The first-order chi connectivity index (χ1) is 13.8. The molecule has 0 heteroatoms. The fourth-order valence-corrected chi connectivity index (χ4v) is 4.80. The predicted molar refractivity (Wildman–Crippen MR) is 140 cm³/mol. The van der Waals surface area contributed by atoms with E-state index < -0.39 is 0 Å². The molecule has 0 aliphatic heterocycles. The van der Waals surface area contributed by atoms with Crippen LogP contribution in [-0.2, 0) is 28.1 Å². The van der Waals surface area contributed by atoms with Gasteiger partial charge in [-0.3, -0.25) is 0 Å². The quantitative estimate of drug-likeness (QED) is 0.464. The van der Waals surface area contributed by atoms with E-state index in [-0.39, 0.29) is 21.7 Å². The molecule has 172 valence electrons. The Morgan fingerprint density at radius 2 is 1.16 bits per heavy atom. The molecule has 2 rings (SSSR count). The van der Waals surface area contributed by atoms with Gasteiger partial charge in [-0.1, -0.05) is 126 Å². The fraction of sp³-hybridized carbons (Fsp3) is 0.613. The van der Waals surface area contributed by atoms with Crippen molar-refractivity contribution >= 4 is 0 Å². The molecule has 0 bridgehead atoms. The van der Waals surface area contributed by atoms with Crippen LogP contribution in [0.1, 0.15) is 129 Å². The summed E-state index contributed by atoms with van der Waals surface area (Å²) < 4.78 is 0. The summed E-state index contributed by atoms with van der Waals surface area (Å²) in [4.78, 5) is 0. The third kappa shape index (κ3) is 6.03. The van der Waals surface area contributed by atoms with Crippen LogP contribution in [0.15, 0.2) is 36.4 Å². The predicted octanol–water partition coefficient (Wildman–Crippen LogP) is 9.22. The van der Waals surface area contributed by atoms with Gasteiger partial charge in [-0.05, 0) is 67.4 Å². The topological polar surface area (TPSA) is 0 Å². The lowest BCUT2D eigenvalue weighted by atomic mass is 9.70. The van der Waals surface area contributed by atoms with Crippen LogP contribution in [0, 0.1) is 0 Å². The van der Waals surface area contributed by atoms with Gasteiger partial charge in [0.05, 0.1) is 0 Å². The van der Waals surface area contributed by atoms with Crippen molar-refractivity contribution in [2.75, 3.05) is 0 Å². The fourth-order valence-electron chi connectivity index (χ4n) is 4.80. The van der Waals surface area contributed by atoms with E-state index in [0.29, 0.717) is 5.92 Å². The highest BCUT2D eigenvalue weighted by Crippen LogP contribution is 2.40. The highest BCUT2D eigenvalue weighted by Gasteiger charge is 2.30. The Morgan fingerprint density at radius 1 is 0.613 bits per heavy atom. The smallest absolute Gasteiger partial charge is 0.0126 e.